The van der Waals surface area contributed by atoms with Gasteiger partial charge >= 0.3 is 0 Å². The molecule has 0 aliphatic carbocycles. The van der Waals surface area contributed by atoms with Gasteiger partial charge in [0.2, 0.25) is 0 Å². The maximum atomic E-state index is 5.28. The largest absolute Gasteiger partial charge is 0.380 e. The van der Waals surface area contributed by atoms with E-state index < -0.39 is 0 Å². The van der Waals surface area contributed by atoms with E-state index in [1.54, 1.807) is 6.33 Å². The molecule has 0 spiro atoms. The molecular weight excluding hydrogens is 180 g/mol. The molecule has 0 bridgehead atoms. The number of aryl methyl sites for hydroxylation is 1. The summed E-state index contributed by atoms with van der Waals surface area (Å²) >= 11 is 0. The zero-order chi connectivity index (χ0) is 9.80. The number of hydrogen-bond acceptors (Lipinski definition) is 4. The molecule has 1 aliphatic heterocycles. The van der Waals surface area contributed by atoms with Crippen LogP contribution < -0.4 is 5.32 Å². The fourth-order valence-electron chi connectivity index (χ4n) is 1.61. The van der Waals surface area contributed by atoms with E-state index >= 15 is 0 Å². The van der Waals surface area contributed by atoms with E-state index in [1.165, 1.54) is 0 Å². The highest BCUT2D eigenvalue weighted by Crippen LogP contribution is 2.04. The number of nitrogens with zero attached hydrogens (tertiary/aromatic N) is 3. The number of ether oxygens (including phenoxy) is 1. The Morgan fingerprint density at radius 2 is 2.64 bits per heavy atom. The molecule has 5 heteroatoms. The molecule has 5 nitrogen and oxygen atoms in total. The molecule has 1 fully saturated rings. The summed E-state index contributed by atoms with van der Waals surface area (Å²) in [7, 11) is 0. The number of aromatic nitrogens is 3. The maximum Gasteiger partial charge on any atom is 0.146 e. The van der Waals surface area contributed by atoms with Crippen LogP contribution in [-0.2, 0) is 17.8 Å². The second kappa shape index (κ2) is 4.52. The van der Waals surface area contributed by atoms with Crippen LogP contribution in [-0.4, -0.2) is 34.0 Å². The van der Waals surface area contributed by atoms with Crippen molar-refractivity contribution in [2.45, 2.75) is 32.5 Å². The van der Waals surface area contributed by atoms with Crippen molar-refractivity contribution in [1.29, 1.82) is 0 Å². The van der Waals surface area contributed by atoms with Gasteiger partial charge in [0.15, 0.2) is 0 Å². The van der Waals surface area contributed by atoms with Gasteiger partial charge in [0.05, 0.1) is 13.2 Å². The van der Waals surface area contributed by atoms with Gasteiger partial charge in [-0.3, -0.25) is 0 Å². The van der Waals surface area contributed by atoms with E-state index in [2.05, 4.69) is 22.4 Å². The van der Waals surface area contributed by atoms with E-state index in [-0.39, 0.29) is 0 Å². The first kappa shape index (κ1) is 9.61. The van der Waals surface area contributed by atoms with E-state index in [1.807, 2.05) is 4.57 Å². The van der Waals surface area contributed by atoms with Crippen LogP contribution in [0.2, 0.25) is 0 Å². The summed E-state index contributed by atoms with van der Waals surface area (Å²) in [4.78, 5) is 0. The molecule has 0 radical (unpaired) electrons. The molecule has 1 saturated heterocycles. The summed E-state index contributed by atoms with van der Waals surface area (Å²) in [6.07, 6.45) is 2.86. The zero-order valence-electron chi connectivity index (χ0n) is 8.44. The highest BCUT2D eigenvalue weighted by molar-refractivity contribution is 4.86. The molecule has 1 aromatic heterocycles. The molecule has 2 rings (SSSR count). The second-order valence-corrected chi connectivity index (χ2v) is 3.47. The first-order valence-corrected chi connectivity index (χ1v) is 5.08. The van der Waals surface area contributed by atoms with Crippen molar-refractivity contribution in [3.05, 3.63) is 12.2 Å². The summed E-state index contributed by atoms with van der Waals surface area (Å²) in [6.45, 7) is 5.48. The van der Waals surface area contributed by atoms with Crippen LogP contribution in [0.25, 0.3) is 0 Å². The minimum absolute atomic E-state index is 0.483. The molecule has 2 heterocycles. The van der Waals surface area contributed by atoms with Gasteiger partial charge in [0.1, 0.15) is 12.2 Å². The van der Waals surface area contributed by atoms with Crippen molar-refractivity contribution < 1.29 is 4.74 Å². The van der Waals surface area contributed by atoms with Crippen molar-refractivity contribution in [1.82, 2.24) is 20.1 Å². The van der Waals surface area contributed by atoms with Crippen LogP contribution in [0.4, 0.5) is 0 Å². The monoisotopic (exact) mass is 196 g/mol. The topological polar surface area (TPSA) is 52.0 Å². The van der Waals surface area contributed by atoms with E-state index in [0.717, 1.165) is 38.5 Å². The Balaban J connectivity index is 1.84. The number of nitrogens with one attached hydrogen (secondary N) is 1. The molecule has 1 atom stereocenters. The van der Waals surface area contributed by atoms with Gasteiger partial charge in [-0.05, 0) is 13.3 Å². The molecule has 1 unspecified atom stereocenters. The zero-order valence-corrected chi connectivity index (χ0v) is 8.44. The van der Waals surface area contributed by atoms with Gasteiger partial charge < -0.3 is 14.6 Å². The van der Waals surface area contributed by atoms with E-state index in [4.69, 9.17) is 4.74 Å². The molecule has 1 aromatic rings. The van der Waals surface area contributed by atoms with Crippen LogP contribution in [0.5, 0.6) is 0 Å². The van der Waals surface area contributed by atoms with Crippen LogP contribution in [0.15, 0.2) is 6.33 Å². The molecule has 78 valence electrons. The first-order chi connectivity index (χ1) is 6.90. The second-order valence-electron chi connectivity index (χ2n) is 3.47. The fourth-order valence-corrected chi connectivity index (χ4v) is 1.61. The summed E-state index contributed by atoms with van der Waals surface area (Å²) in [5.41, 5.74) is 0. The van der Waals surface area contributed by atoms with Crippen LogP contribution >= 0.6 is 0 Å². The Kier molecular flexibility index (Phi) is 3.10. The predicted molar refractivity (Wildman–Crippen MR) is 51.8 cm³/mol. The average molecular weight is 196 g/mol. The third-order valence-corrected chi connectivity index (χ3v) is 2.51. The van der Waals surface area contributed by atoms with Crippen molar-refractivity contribution >= 4 is 0 Å². The van der Waals surface area contributed by atoms with Gasteiger partial charge in [-0.15, -0.1) is 10.2 Å². The molecule has 0 amide bonds. The summed E-state index contributed by atoms with van der Waals surface area (Å²) < 4.78 is 7.32. The molecular formula is C9H16N4O. The lowest BCUT2D eigenvalue weighted by atomic mass is 10.2. The standard InChI is InChI=1S/C9H16N4O/c1-2-13-7-11-12-9(13)5-10-8-3-4-14-6-8/h7-8,10H,2-6H2,1H3. The Labute approximate surface area is 83.5 Å². The Morgan fingerprint density at radius 3 is 3.36 bits per heavy atom. The smallest absolute Gasteiger partial charge is 0.146 e. The highest BCUT2D eigenvalue weighted by Gasteiger charge is 2.15. The molecule has 14 heavy (non-hydrogen) atoms. The molecule has 0 aromatic carbocycles. The van der Waals surface area contributed by atoms with Gasteiger partial charge in [-0.2, -0.15) is 0 Å². The van der Waals surface area contributed by atoms with Gasteiger partial charge in [-0.25, -0.2) is 0 Å². The molecule has 1 aliphatic rings. The minimum Gasteiger partial charge on any atom is -0.380 e. The van der Waals surface area contributed by atoms with Crippen molar-refractivity contribution in [3.63, 3.8) is 0 Å². The van der Waals surface area contributed by atoms with Crippen molar-refractivity contribution in [2.24, 2.45) is 0 Å². The van der Waals surface area contributed by atoms with E-state index in [0.29, 0.717) is 6.04 Å². The first-order valence-electron chi connectivity index (χ1n) is 5.08. The third kappa shape index (κ3) is 2.10. The molecule has 0 saturated carbocycles. The van der Waals surface area contributed by atoms with Gasteiger partial charge in [0, 0.05) is 19.2 Å². The lowest BCUT2D eigenvalue weighted by Gasteiger charge is -2.09. The quantitative estimate of drug-likeness (QED) is 0.746. The highest BCUT2D eigenvalue weighted by atomic mass is 16.5. The lowest BCUT2D eigenvalue weighted by Crippen LogP contribution is -2.29. The van der Waals surface area contributed by atoms with Gasteiger partial charge in [0.25, 0.3) is 0 Å². The average Bonchev–Trinajstić information content (AvgIpc) is 2.85. The van der Waals surface area contributed by atoms with Crippen LogP contribution in [0.1, 0.15) is 19.2 Å². The maximum absolute atomic E-state index is 5.28. The van der Waals surface area contributed by atoms with E-state index in [9.17, 15) is 0 Å². The van der Waals surface area contributed by atoms with Crippen LogP contribution in [0, 0.1) is 0 Å². The Bertz CT molecular complexity index is 280. The molecule has 1 N–H and O–H groups in total. The normalized spacial score (nSPS) is 21.6. The SMILES string of the molecule is CCn1cnnc1CNC1CCOC1. The van der Waals surface area contributed by atoms with Crippen molar-refractivity contribution in [2.75, 3.05) is 13.2 Å². The summed E-state index contributed by atoms with van der Waals surface area (Å²) in [5.74, 6) is 0.999. The number of hydrogen-bond donors (Lipinski definition) is 1. The number of rotatable bonds is 4. The minimum atomic E-state index is 0.483. The van der Waals surface area contributed by atoms with Crippen LogP contribution in [0.3, 0.4) is 0 Å². The third-order valence-electron chi connectivity index (χ3n) is 2.51. The Morgan fingerprint density at radius 1 is 1.71 bits per heavy atom. The lowest BCUT2D eigenvalue weighted by molar-refractivity contribution is 0.189. The van der Waals surface area contributed by atoms with Crippen molar-refractivity contribution in [3.8, 4) is 0 Å². The predicted octanol–water partition coefficient (Wildman–Crippen LogP) is 0.176. The summed E-state index contributed by atoms with van der Waals surface area (Å²) in [5, 5.41) is 11.3. The summed E-state index contributed by atoms with van der Waals surface area (Å²) in [6, 6.07) is 0.483. The Hall–Kier alpha value is -0.940. The van der Waals surface area contributed by atoms with Gasteiger partial charge in [-0.1, -0.05) is 0 Å². The fraction of sp³-hybridized carbons (Fsp3) is 0.778.